The summed E-state index contributed by atoms with van der Waals surface area (Å²) in [4.78, 5) is 25.0. The Morgan fingerprint density at radius 1 is 0.462 bits per heavy atom. The van der Waals surface area contributed by atoms with E-state index in [-0.39, 0.29) is 0 Å². The van der Waals surface area contributed by atoms with Crippen molar-refractivity contribution in [1.82, 2.24) is 0 Å². The third kappa shape index (κ3) is 10.8. The zero-order valence-corrected chi connectivity index (χ0v) is 23.2. The van der Waals surface area contributed by atoms with Crippen LogP contribution in [0.4, 0.5) is 0 Å². The van der Waals surface area contributed by atoms with E-state index in [1.54, 1.807) is 72.8 Å². The van der Waals surface area contributed by atoms with Gasteiger partial charge in [0.15, 0.2) is 0 Å². The molecule has 0 saturated carbocycles. The minimum absolute atomic E-state index is 0.353. The maximum atomic E-state index is 12.5. The number of esters is 2. The van der Waals surface area contributed by atoms with Gasteiger partial charge in [0.1, 0.15) is 23.0 Å². The van der Waals surface area contributed by atoms with E-state index in [2.05, 4.69) is 13.8 Å². The molecule has 0 bridgehead atoms. The largest absolute Gasteiger partial charge is 0.494 e. The molecule has 0 saturated heterocycles. The average molecular weight is 533 g/mol. The Kier molecular flexibility index (Phi) is 12.9. The summed E-state index contributed by atoms with van der Waals surface area (Å²) in [6.07, 6.45) is 10.5. The Hall–Kier alpha value is -3.80. The lowest BCUT2D eigenvalue weighted by Gasteiger charge is -2.09. The zero-order valence-electron chi connectivity index (χ0n) is 23.2. The first kappa shape index (κ1) is 29.8. The molecule has 0 atom stereocenters. The fraction of sp³-hybridized carbons (Fsp3) is 0.394. The van der Waals surface area contributed by atoms with Crippen molar-refractivity contribution in [1.29, 1.82) is 0 Å². The van der Waals surface area contributed by atoms with Gasteiger partial charge >= 0.3 is 11.9 Å². The van der Waals surface area contributed by atoms with Gasteiger partial charge in [0, 0.05) is 0 Å². The van der Waals surface area contributed by atoms with Crippen LogP contribution in [0.3, 0.4) is 0 Å². The lowest BCUT2D eigenvalue weighted by Crippen LogP contribution is -2.09. The molecule has 0 aliphatic rings. The van der Waals surface area contributed by atoms with Crippen molar-refractivity contribution < 1.29 is 28.5 Å². The van der Waals surface area contributed by atoms with E-state index in [9.17, 15) is 9.59 Å². The molecule has 0 heterocycles. The number of hydrogen-bond donors (Lipinski definition) is 0. The van der Waals surface area contributed by atoms with Crippen LogP contribution in [0.1, 0.15) is 92.4 Å². The number of rotatable bonds is 17. The number of benzene rings is 3. The Balaban J connectivity index is 1.41. The topological polar surface area (TPSA) is 71.1 Å². The predicted octanol–water partition coefficient (Wildman–Crippen LogP) is 8.43. The molecule has 0 unspecified atom stereocenters. The molecule has 6 nitrogen and oxygen atoms in total. The quantitative estimate of drug-likeness (QED) is 0.0987. The molecule has 0 spiro atoms. The summed E-state index contributed by atoms with van der Waals surface area (Å²) in [7, 11) is 0. The number of carbonyl (C=O) groups excluding carboxylic acids is 2. The van der Waals surface area contributed by atoms with Crippen LogP contribution in [0.25, 0.3) is 0 Å². The fourth-order valence-corrected chi connectivity index (χ4v) is 3.90. The van der Waals surface area contributed by atoms with Crippen LogP contribution in [0, 0.1) is 0 Å². The normalized spacial score (nSPS) is 10.6. The van der Waals surface area contributed by atoms with E-state index in [1.807, 2.05) is 0 Å². The Bertz CT molecular complexity index is 1120. The van der Waals surface area contributed by atoms with Crippen LogP contribution in [0.2, 0.25) is 0 Å². The summed E-state index contributed by atoms with van der Waals surface area (Å²) in [6, 6.07) is 20.2. The van der Waals surface area contributed by atoms with Gasteiger partial charge in [-0.15, -0.1) is 0 Å². The SMILES string of the molecule is CCCCCCCCOc1ccc(C(=O)Oc2ccc(OC(=O)c3ccc(OCCCCC)cc3)cc2)cc1. The molecule has 3 rings (SSSR count). The van der Waals surface area contributed by atoms with Crippen molar-refractivity contribution in [2.75, 3.05) is 13.2 Å². The summed E-state index contributed by atoms with van der Waals surface area (Å²) in [5.74, 6) is 1.22. The van der Waals surface area contributed by atoms with Gasteiger partial charge in [-0.2, -0.15) is 0 Å². The van der Waals surface area contributed by atoms with Crippen LogP contribution in [0.15, 0.2) is 72.8 Å². The second-order valence-electron chi connectivity index (χ2n) is 9.47. The van der Waals surface area contributed by atoms with Crippen molar-refractivity contribution in [3.8, 4) is 23.0 Å². The fourth-order valence-electron chi connectivity index (χ4n) is 3.90. The third-order valence-electron chi connectivity index (χ3n) is 6.21. The first-order valence-electron chi connectivity index (χ1n) is 14.1. The molecule has 39 heavy (non-hydrogen) atoms. The minimum atomic E-state index is -0.476. The molecule has 0 aliphatic carbocycles. The van der Waals surface area contributed by atoms with Crippen LogP contribution >= 0.6 is 0 Å². The lowest BCUT2D eigenvalue weighted by molar-refractivity contribution is 0.0719. The summed E-state index contributed by atoms with van der Waals surface area (Å²) in [6.45, 7) is 5.69. The van der Waals surface area contributed by atoms with Crippen molar-refractivity contribution in [2.24, 2.45) is 0 Å². The zero-order chi connectivity index (χ0) is 27.7. The molecule has 0 amide bonds. The van der Waals surface area contributed by atoms with Gasteiger partial charge in [-0.1, -0.05) is 58.8 Å². The molecule has 0 fully saturated rings. The molecule has 0 radical (unpaired) electrons. The number of unbranched alkanes of at least 4 members (excludes halogenated alkanes) is 7. The number of carbonyl (C=O) groups is 2. The summed E-state index contributed by atoms with van der Waals surface area (Å²) >= 11 is 0. The summed E-state index contributed by atoms with van der Waals surface area (Å²) in [5.41, 5.74) is 0.848. The highest BCUT2D eigenvalue weighted by Crippen LogP contribution is 2.21. The van der Waals surface area contributed by atoms with E-state index in [1.165, 1.54) is 32.1 Å². The van der Waals surface area contributed by atoms with Gasteiger partial charge in [0.05, 0.1) is 24.3 Å². The van der Waals surface area contributed by atoms with Crippen molar-refractivity contribution in [2.45, 2.75) is 71.6 Å². The smallest absolute Gasteiger partial charge is 0.343 e. The molecule has 3 aromatic rings. The highest BCUT2D eigenvalue weighted by atomic mass is 16.5. The van der Waals surface area contributed by atoms with Gasteiger partial charge in [-0.3, -0.25) is 0 Å². The Labute approximate surface area is 232 Å². The van der Waals surface area contributed by atoms with Crippen molar-refractivity contribution >= 4 is 11.9 Å². The van der Waals surface area contributed by atoms with E-state index in [0.717, 1.165) is 37.2 Å². The molecular formula is C33H40O6. The maximum Gasteiger partial charge on any atom is 0.343 e. The molecule has 0 aromatic heterocycles. The Morgan fingerprint density at radius 3 is 1.23 bits per heavy atom. The standard InChI is InChI=1S/C33H40O6/c1-3-5-7-8-9-11-25-37-29-18-14-27(15-19-29)33(35)39-31-22-20-30(21-23-31)38-32(34)26-12-16-28(17-13-26)36-24-10-6-4-2/h12-23H,3-11,24-25H2,1-2H3. The first-order chi connectivity index (χ1) is 19.1. The van der Waals surface area contributed by atoms with Crippen LogP contribution < -0.4 is 18.9 Å². The molecule has 0 N–H and O–H groups in total. The third-order valence-corrected chi connectivity index (χ3v) is 6.21. The molecule has 0 aliphatic heterocycles. The van der Waals surface area contributed by atoms with E-state index in [0.29, 0.717) is 35.8 Å². The summed E-state index contributed by atoms with van der Waals surface area (Å²) < 4.78 is 22.3. The molecule has 208 valence electrons. The van der Waals surface area contributed by atoms with Gasteiger partial charge < -0.3 is 18.9 Å². The molecular weight excluding hydrogens is 492 g/mol. The van der Waals surface area contributed by atoms with E-state index >= 15 is 0 Å². The highest BCUT2D eigenvalue weighted by molar-refractivity contribution is 5.92. The van der Waals surface area contributed by atoms with Gasteiger partial charge in [-0.25, -0.2) is 9.59 Å². The van der Waals surface area contributed by atoms with E-state index in [4.69, 9.17) is 18.9 Å². The predicted molar refractivity (Wildman–Crippen MR) is 153 cm³/mol. The first-order valence-corrected chi connectivity index (χ1v) is 14.1. The lowest BCUT2D eigenvalue weighted by atomic mass is 10.1. The maximum absolute atomic E-state index is 12.5. The molecule has 3 aromatic carbocycles. The Morgan fingerprint density at radius 2 is 0.795 bits per heavy atom. The van der Waals surface area contributed by atoms with Crippen LogP contribution in [-0.4, -0.2) is 25.2 Å². The van der Waals surface area contributed by atoms with Crippen molar-refractivity contribution in [3.05, 3.63) is 83.9 Å². The van der Waals surface area contributed by atoms with Gasteiger partial charge in [-0.05, 0) is 85.6 Å². The molecule has 6 heteroatoms. The summed E-state index contributed by atoms with van der Waals surface area (Å²) in [5, 5.41) is 0. The minimum Gasteiger partial charge on any atom is -0.494 e. The highest BCUT2D eigenvalue weighted by Gasteiger charge is 2.12. The van der Waals surface area contributed by atoms with Crippen molar-refractivity contribution in [3.63, 3.8) is 0 Å². The second-order valence-corrected chi connectivity index (χ2v) is 9.47. The number of hydrogen-bond acceptors (Lipinski definition) is 6. The monoisotopic (exact) mass is 532 g/mol. The van der Waals surface area contributed by atoms with Gasteiger partial charge in [0.25, 0.3) is 0 Å². The van der Waals surface area contributed by atoms with Crippen LogP contribution in [-0.2, 0) is 0 Å². The number of ether oxygens (including phenoxy) is 4. The average Bonchev–Trinajstić information content (AvgIpc) is 2.96. The van der Waals surface area contributed by atoms with Crippen LogP contribution in [0.5, 0.6) is 23.0 Å². The van der Waals surface area contributed by atoms with E-state index < -0.39 is 11.9 Å². The van der Waals surface area contributed by atoms with Gasteiger partial charge in [0.2, 0.25) is 0 Å². The second kappa shape index (κ2) is 16.9.